The number of hydrogen-bond donors (Lipinski definition) is 3. The molecule has 2 rings (SSSR count). The minimum absolute atomic E-state index is 0.00463. The van der Waals surface area contributed by atoms with E-state index in [1.165, 1.54) is 12.1 Å². The van der Waals surface area contributed by atoms with Crippen LogP contribution < -0.4 is 10.6 Å². The second-order valence-electron chi connectivity index (χ2n) is 6.40. The molecule has 1 heterocycles. The highest BCUT2D eigenvalue weighted by atomic mass is 19.1. The minimum atomic E-state index is -0.644. The summed E-state index contributed by atoms with van der Waals surface area (Å²) in [4.78, 5) is 23.8. The molecule has 0 aliphatic carbocycles. The number of aryl methyl sites for hydroxylation is 1. The smallest absolute Gasteiger partial charge is 0.254 e. The highest BCUT2D eigenvalue weighted by Gasteiger charge is 2.27. The summed E-state index contributed by atoms with van der Waals surface area (Å²) in [7, 11) is 0. The fourth-order valence-electron chi connectivity index (χ4n) is 3.12. The number of hydrogen-bond acceptors (Lipinski definition) is 3. The summed E-state index contributed by atoms with van der Waals surface area (Å²) in [5.41, 5.74) is 1.03. The summed E-state index contributed by atoms with van der Waals surface area (Å²) in [6, 6.07) is 2.73. The topological polar surface area (TPSA) is 78.4 Å². The minimum Gasteiger partial charge on any atom is -0.396 e. The molecular formula is C18H25FN2O3. The van der Waals surface area contributed by atoms with Crippen molar-refractivity contribution in [1.29, 1.82) is 0 Å². The van der Waals surface area contributed by atoms with Crippen LogP contribution in [0, 0.1) is 11.2 Å². The van der Waals surface area contributed by atoms with Gasteiger partial charge in [-0.05, 0) is 48.8 Å². The van der Waals surface area contributed by atoms with Gasteiger partial charge in [-0.25, -0.2) is 4.39 Å². The molecular weight excluding hydrogens is 311 g/mol. The van der Waals surface area contributed by atoms with Crippen LogP contribution in [0.1, 0.15) is 55.5 Å². The second kappa shape index (κ2) is 7.75. The predicted octanol–water partition coefficient (Wildman–Crippen LogP) is 2.63. The molecule has 0 atom stereocenters. The van der Waals surface area contributed by atoms with Crippen LogP contribution in [0.25, 0.3) is 0 Å². The lowest BCUT2D eigenvalue weighted by molar-refractivity contribution is -0.116. The number of anilines is 1. The molecule has 1 aliphatic rings. The molecule has 0 unspecified atom stereocenters. The van der Waals surface area contributed by atoms with Crippen LogP contribution in [0.2, 0.25) is 0 Å². The zero-order valence-corrected chi connectivity index (χ0v) is 14.2. The number of fused-ring (bicyclic) bond motifs is 1. The van der Waals surface area contributed by atoms with Crippen LogP contribution in [0.15, 0.2) is 12.1 Å². The van der Waals surface area contributed by atoms with Crippen molar-refractivity contribution in [2.75, 3.05) is 18.5 Å². The molecule has 1 aromatic rings. The highest BCUT2D eigenvalue weighted by Crippen LogP contribution is 2.30. The standard InChI is InChI=1S/C18H25FN2O3/c1-3-18(4-2,7-8-22)11-20-17(24)13-9-12-5-6-16(23)21-15(12)10-14(13)19/h9-10,22H,3-8,11H2,1-2H3,(H,20,24)(H,21,23). The number of carbonyl (C=O) groups is 2. The van der Waals surface area contributed by atoms with Crippen molar-refractivity contribution < 1.29 is 19.1 Å². The fourth-order valence-corrected chi connectivity index (χ4v) is 3.12. The number of aliphatic hydroxyl groups is 1. The summed E-state index contributed by atoms with van der Waals surface area (Å²) >= 11 is 0. The first kappa shape index (κ1) is 18.4. The molecule has 3 N–H and O–H groups in total. The van der Waals surface area contributed by atoms with Gasteiger partial charge in [-0.2, -0.15) is 0 Å². The van der Waals surface area contributed by atoms with Crippen LogP contribution in [-0.4, -0.2) is 30.1 Å². The number of rotatable bonds is 7. The highest BCUT2D eigenvalue weighted by molar-refractivity contribution is 5.98. The summed E-state index contributed by atoms with van der Waals surface area (Å²) in [6.45, 7) is 4.50. The van der Waals surface area contributed by atoms with E-state index in [1.54, 1.807) is 0 Å². The Balaban J connectivity index is 2.14. The monoisotopic (exact) mass is 336 g/mol. The quantitative estimate of drug-likeness (QED) is 0.716. The Bertz CT molecular complexity index is 627. The molecule has 0 aromatic heterocycles. The summed E-state index contributed by atoms with van der Waals surface area (Å²) in [5.74, 6) is -1.25. The van der Waals surface area contributed by atoms with Crippen LogP contribution in [0.4, 0.5) is 10.1 Å². The maximum absolute atomic E-state index is 14.2. The van der Waals surface area contributed by atoms with Gasteiger partial charge in [0.2, 0.25) is 5.91 Å². The number of amides is 2. The van der Waals surface area contributed by atoms with E-state index in [1.807, 2.05) is 13.8 Å². The molecule has 0 radical (unpaired) electrons. The van der Waals surface area contributed by atoms with Gasteiger partial charge in [-0.3, -0.25) is 9.59 Å². The lowest BCUT2D eigenvalue weighted by Gasteiger charge is -2.31. The third-order valence-corrected chi connectivity index (χ3v) is 5.10. The molecule has 1 aromatic carbocycles. The van der Waals surface area contributed by atoms with E-state index in [0.29, 0.717) is 31.5 Å². The number of benzene rings is 1. The van der Waals surface area contributed by atoms with Crippen molar-refractivity contribution in [2.45, 2.75) is 46.0 Å². The van der Waals surface area contributed by atoms with Crippen molar-refractivity contribution in [3.05, 3.63) is 29.1 Å². The average molecular weight is 336 g/mol. The van der Waals surface area contributed by atoms with E-state index in [-0.39, 0.29) is 23.5 Å². The summed E-state index contributed by atoms with van der Waals surface area (Å²) in [6.07, 6.45) is 3.08. The van der Waals surface area contributed by atoms with Crippen molar-refractivity contribution in [2.24, 2.45) is 5.41 Å². The van der Waals surface area contributed by atoms with Gasteiger partial charge in [0, 0.05) is 25.3 Å². The molecule has 2 amide bonds. The fraction of sp³-hybridized carbons (Fsp3) is 0.556. The van der Waals surface area contributed by atoms with E-state index < -0.39 is 11.7 Å². The Hall–Kier alpha value is -1.95. The zero-order valence-electron chi connectivity index (χ0n) is 14.2. The number of aliphatic hydroxyl groups excluding tert-OH is 1. The third-order valence-electron chi connectivity index (χ3n) is 5.10. The van der Waals surface area contributed by atoms with Gasteiger partial charge in [0.25, 0.3) is 5.91 Å². The molecule has 0 saturated carbocycles. The van der Waals surface area contributed by atoms with E-state index in [4.69, 9.17) is 0 Å². The van der Waals surface area contributed by atoms with Crippen molar-refractivity contribution in [3.8, 4) is 0 Å². The molecule has 1 aliphatic heterocycles. The van der Waals surface area contributed by atoms with E-state index >= 15 is 0 Å². The Kier molecular flexibility index (Phi) is 5.94. The first-order chi connectivity index (χ1) is 11.4. The lowest BCUT2D eigenvalue weighted by Crippen LogP contribution is -2.38. The molecule has 0 saturated heterocycles. The predicted molar refractivity (Wildman–Crippen MR) is 90.4 cm³/mol. The Morgan fingerprint density at radius 2 is 2.04 bits per heavy atom. The molecule has 24 heavy (non-hydrogen) atoms. The molecule has 5 nitrogen and oxygen atoms in total. The molecule has 0 bridgehead atoms. The van der Waals surface area contributed by atoms with Crippen LogP contribution in [0.5, 0.6) is 0 Å². The third kappa shape index (κ3) is 3.93. The van der Waals surface area contributed by atoms with Gasteiger partial charge in [-0.15, -0.1) is 0 Å². The van der Waals surface area contributed by atoms with Gasteiger partial charge in [-0.1, -0.05) is 13.8 Å². The van der Waals surface area contributed by atoms with Crippen molar-refractivity contribution in [3.63, 3.8) is 0 Å². The Morgan fingerprint density at radius 1 is 1.33 bits per heavy atom. The van der Waals surface area contributed by atoms with E-state index in [0.717, 1.165) is 18.4 Å². The Labute approximate surface area is 141 Å². The maximum Gasteiger partial charge on any atom is 0.254 e. The van der Waals surface area contributed by atoms with Gasteiger partial charge in [0.15, 0.2) is 0 Å². The van der Waals surface area contributed by atoms with Gasteiger partial charge in [0.05, 0.1) is 5.56 Å². The maximum atomic E-state index is 14.2. The van der Waals surface area contributed by atoms with Crippen molar-refractivity contribution in [1.82, 2.24) is 5.32 Å². The van der Waals surface area contributed by atoms with Crippen molar-refractivity contribution >= 4 is 17.5 Å². The number of carbonyl (C=O) groups excluding carboxylic acids is 2. The van der Waals surface area contributed by atoms with Crippen LogP contribution >= 0.6 is 0 Å². The first-order valence-corrected chi connectivity index (χ1v) is 8.46. The second-order valence-corrected chi connectivity index (χ2v) is 6.40. The van der Waals surface area contributed by atoms with Crippen LogP contribution in [0.3, 0.4) is 0 Å². The van der Waals surface area contributed by atoms with Gasteiger partial charge >= 0.3 is 0 Å². The summed E-state index contributed by atoms with van der Waals surface area (Å²) < 4.78 is 14.2. The van der Waals surface area contributed by atoms with Gasteiger partial charge in [0.1, 0.15) is 5.82 Å². The number of nitrogens with one attached hydrogen (secondary N) is 2. The average Bonchev–Trinajstić information content (AvgIpc) is 2.57. The SMILES string of the molecule is CCC(CC)(CCO)CNC(=O)c1cc2c(cc1F)NC(=O)CC2. The molecule has 0 fully saturated rings. The normalized spacial score (nSPS) is 14.1. The molecule has 132 valence electrons. The van der Waals surface area contributed by atoms with E-state index in [9.17, 15) is 19.1 Å². The largest absolute Gasteiger partial charge is 0.396 e. The Morgan fingerprint density at radius 3 is 2.67 bits per heavy atom. The lowest BCUT2D eigenvalue weighted by atomic mass is 9.79. The first-order valence-electron chi connectivity index (χ1n) is 8.46. The summed E-state index contributed by atoms with van der Waals surface area (Å²) in [5, 5.41) is 14.7. The van der Waals surface area contributed by atoms with E-state index in [2.05, 4.69) is 10.6 Å². The van der Waals surface area contributed by atoms with Gasteiger partial charge < -0.3 is 15.7 Å². The van der Waals surface area contributed by atoms with Crippen LogP contribution in [-0.2, 0) is 11.2 Å². The number of halogens is 1. The zero-order chi connectivity index (χ0) is 17.7. The molecule has 6 heteroatoms. The molecule has 0 spiro atoms.